The van der Waals surface area contributed by atoms with Gasteiger partial charge in [0.05, 0.1) is 0 Å². The quantitative estimate of drug-likeness (QED) is 0.601. The fourth-order valence-electron chi connectivity index (χ4n) is 1.49. The van der Waals surface area contributed by atoms with Crippen molar-refractivity contribution in [3.8, 4) is 5.75 Å². The van der Waals surface area contributed by atoms with Crippen LogP contribution in [0, 0.1) is 6.92 Å². The van der Waals surface area contributed by atoms with Crippen molar-refractivity contribution in [2.24, 2.45) is 0 Å². The van der Waals surface area contributed by atoms with Crippen LogP contribution in [0.4, 0.5) is 5.69 Å². The molecule has 2 nitrogen and oxygen atoms in total. The Labute approximate surface area is 76.6 Å². The number of aromatic hydroxyl groups is 1. The Morgan fingerprint density at radius 2 is 1.92 bits per heavy atom. The molecule has 0 aromatic heterocycles. The molecule has 0 spiro atoms. The van der Waals surface area contributed by atoms with E-state index in [2.05, 4.69) is 0 Å². The summed E-state index contributed by atoms with van der Waals surface area (Å²) >= 11 is 0. The fourth-order valence-corrected chi connectivity index (χ4v) is 1.49. The first kappa shape index (κ1) is 7.92. The second-order valence-electron chi connectivity index (χ2n) is 3.17. The van der Waals surface area contributed by atoms with Gasteiger partial charge in [-0.1, -0.05) is 24.3 Å². The van der Waals surface area contributed by atoms with Crippen LogP contribution in [0.3, 0.4) is 0 Å². The number of anilines is 1. The molecule has 0 amide bonds. The molecule has 0 unspecified atom stereocenters. The van der Waals surface area contributed by atoms with Gasteiger partial charge in [0.25, 0.3) is 0 Å². The van der Waals surface area contributed by atoms with Crippen LogP contribution < -0.4 is 5.73 Å². The molecule has 0 saturated carbocycles. The van der Waals surface area contributed by atoms with Crippen molar-refractivity contribution < 1.29 is 5.11 Å². The van der Waals surface area contributed by atoms with Gasteiger partial charge in [0.1, 0.15) is 5.75 Å². The number of phenolic OH excluding ortho intramolecular Hbond substituents is 1. The molecule has 2 heteroatoms. The topological polar surface area (TPSA) is 46.2 Å². The molecular weight excluding hydrogens is 162 g/mol. The van der Waals surface area contributed by atoms with Crippen molar-refractivity contribution in [3.63, 3.8) is 0 Å². The molecule has 0 aliphatic rings. The highest BCUT2D eigenvalue weighted by atomic mass is 16.3. The first-order valence-corrected chi connectivity index (χ1v) is 4.17. The molecule has 0 fully saturated rings. The molecular formula is C11H11NO. The maximum Gasteiger partial charge on any atom is 0.125 e. The van der Waals surface area contributed by atoms with Gasteiger partial charge in [-0.15, -0.1) is 0 Å². The van der Waals surface area contributed by atoms with E-state index in [1.54, 1.807) is 6.07 Å². The number of nitrogen functional groups attached to an aromatic ring is 1. The molecule has 0 saturated heterocycles. The van der Waals surface area contributed by atoms with E-state index in [1.165, 1.54) is 0 Å². The number of aryl methyl sites for hydroxylation is 1. The molecule has 2 aromatic rings. The molecule has 13 heavy (non-hydrogen) atoms. The van der Waals surface area contributed by atoms with Crippen LogP contribution in [-0.2, 0) is 0 Å². The molecule has 0 heterocycles. The average Bonchev–Trinajstić information content (AvgIpc) is 2.12. The molecule has 66 valence electrons. The summed E-state index contributed by atoms with van der Waals surface area (Å²) in [6.45, 7) is 1.93. The van der Waals surface area contributed by atoms with Crippen molar-refractivity contribution in [3.05, 3.63) is 35.9 Å². The highest BCUT2D eigenvalue weighted by Gasteiger charge is 2.04. The van der Waals surface area contributed by atoms with E-state index in [9.17, 15) is 5.11 Å². The van der Waals surface area contributed by atoms with Gasteiger partial charge < -0.3 is 10.8 Å². The Kier molecular flexibility index (Phi) is 1.62. The van der Waals surface area contributed by atoms with Crippen molar-refractivity contribution in [1.82, 2.24) is 0 Å². The molecule has 0 aliphatic heterocycles. The van der Waals surface area contributed by atoms with E-state index < -0.39 is 0 Å². The Morgan fingerprint density at radius 3 is 2.69 bits per heavy atom. The maximum atomic E-state index is 9.60. The predicted molar refractivity (Wildman–Crippen MR) is 54.8 cm³/mol. The van der Waals surface area contributed by atoms with Gasteiger partial charge in [-0.05, 0) is 23.9 Å². The third-order valence-electron chi connectivity index (χ3n) is 2.28. The summed E-state index contributed by atoms with van der Waals surface area (Å²) < 4.78 is 0. The van der Waals surface area contributed by atoms with Gasteiger partial charge in [-0.3, -0.25) is 0 Å². The van der Waals surface area contributed by atoms with E-state index >= 15 is 0 Å². The zero-order chi connectivity index (χ0) is 9.42. The van der Waals surface area contributed by atoms with Crippen LogP contribution in [0.25, 0.3) is 10.8 Å². The standard InChI is InChI=1S/C11H11NO/c1-7-5-6-8-3-2-4-9(13)10(8)11(7)12/h2-6,13H,12H2,1H3. The number of hydrogen-bond donors (Lipinski definition) is 2. The lowest BCUT2D eigenvalue weighted by Gasteiger charge is -2.06. The first-order chi connectivity index (χ1) is 6.20. The highest BCUT2D eigenvalue weighted by Crippen LogP contribution is 2.31. The minimum atomic E-state index is 0.249. The van der Waals surface area contributed by atoms with E-state index in [1.807, 2.05) is 31.2 Å². The predicted octanol–water partition coefficient (Wildman–Crippen LogP) is 2.44. The van der Waals surface area contributed by atoms with Crippen molar-refractivity contribution in [1.29, 1.82) is 0 Å². The van der Waals surface area contributed by atoms with E-state index in [4.69, 9.17) is 5.73 Å². The summed E-state index contributed by atoms with van der Waals surface area (Å²) in [5.41, 5.74) is 7.52. The number of hydrogen-bond acceptors (Lipinski definition) is 2. The van der Waals surface area contributed by atoms with Crippen LogP contribution in [-0.4, -0.2) is 5.11 Å². The average molecular weight is 173 g/mol. The van der Waals surface area contributed by atoms with E-state index in [0.717, 1.165) is 16.3 Å². The first-order valence-electron chi connectivity index (χ1n) is 4.17. The summed E-state index contributed by atoms with van der Waals surface area (Å²) in [4.78, 5) is 0. The van der Waals surface area contributed by atoms with Crippen LogP contribution in [0.15, 0.2) is 30.3 Å². The molecule has 0 radical (unpaired) electrons. The van der Waals surface area contributed by atoms with Crippen LogP contribution >= 0.6 is 0 Å². The molecule has 2 rings (SSSR count). The monoisotopic (exact) mass is 173 g/mol. The number of fused-ring (bicyclic) bond motifs is 1. The molecule has 0 bridgehead atoms. The maximum absolute atomic E-state index is 9.60. The van der Waals surface area contributed by atoms with Crippen molar-refractivity contribution in [2.75, 3.05) is 5.73 Å². The van der Waals surface area contributed by atoms with Crippen molar-refractivity contribution >= 4 is 16.5 Å². The number of nitrogens with two attached hydrogens (primary N) is 1. The van der Waals surface area contributed by atoms with Gasteiger partial charge in [0.15, 0.2) is 0 Å². The van der Waals surface area contributed by atoms with Crippen LogP contribution in [0.5, 0.6) is 5.75 Å². The molecule has 3 N–H and O–H groups in total. The van der Waals surface area contributed by atoms with Gasteiger partial charge >= 0.3 is 0 Å². The lowest BCUT2D eigenvalue weighted by Crippen LogP contribution is -1.90. The minimum Gasteiger partial charge on any atom is -0.507 e. The van der Waals surface area contributed by atoms with Crippen LogP contribution in [0.2, 0.25) is 0 Å². The summed E-state index contributed by atoms with van der Waals surface area (Å²) in [7, 11) is 0. The second kappa shape index (κ2) is 2.66. The Hall–Kier alpha value is -1.70. The van der Waals surface area contributed by atoms with Gasteiger partial charge in [0.2, 0.25) is 0 Å². The normalized spacial score (nSPS) is 10.5. The summed E-state index contributed by atoms with van der Waals surface area (Å²) in [5, 5.41) is 11.3. The number of benzene rings is 2. The lowest BCUT2D eigenvalue weighted by atomic mass is 10.0. The largest absolute Gasteiger partial charge is 0.507 e. The molecule has 0 aliphatic carbocycles. The highest BCUT2D eigenvalue weighted by molar-refractivity contribution is 5.98. The Balaban J connectivity index is 2.97. The zero-order valence-corrected chi connectivity index (χ0v) is 7.41. The van der Waals surface area contributed by atoms with E-state index in [-0.39, 0.29) is 5.75 Å². The minimum absolute atomic E-state index is 0.249. The summed E-state index contributed by atoms with van der Waals surface area (Å²) in [6, 6.07) is 9.31. The smallest absolute Gasteiger partial charge is 0.125 e. The fraction of sp³-hybridized carbons (Fsp3) is 0.0909. The SMILES string of the molecule is Cc1ccc2cccc(O)c2c1N. The lowest BCUT2D eigenvalue weighted by molar-refractivity contribution is 0.482. The van der Waals surface area contributed by atoms with Crippen molar-refractivity contribution in [2.45, 2.75) is 6.92 Å². The number of phenols is 1. The summed E-state index contributed by atoms with van der Waals surface area (Å²) in [6.07, 6.45) is 0. The molecule has 0 atom stereocenters. The molecule has 2 aromatic carbocycles. The third-order valence-corrected chi connectivity index (χ3v) is 2.28. The van der Waals surface area contributed by atoms with Gasteiger partial charge in [-0.25, -0.2) is 0 Å². The number of rotatable bonds is 0. The Bertz CT molecular complexity index is 463. The zero-order valence-electron chi connectivity index (χ0n) is 7.41. The van der Waals surface area contributed by atoms with E-state index in [0.29, 0.717) is 5.69 Å². The van der Waals surface area contributed by atoms with Crippen LogP contribution in [0.1, 0.15) is 5.56 Å². The summed E-state index contributed by atoms with van der Waals surface area (Å²) in [5.74, 6) is 0.249. The van der Waals surface area contributed by atoms with Gasteiger partial charge in [-0.2, -0.15) is 0 Å². The Morgan fingerprint density at radius 1 is 1.15 bits per heavy atom. The van der Waals surface area contributed by atoms with Gasteiger partial charge in [0, 0.05) is 11.1 Å². The third kappa shape index (κ3) is 1.11. The second-order valence-corrected chi connectivity index (χ2v) is 3.17.